The van der Waals surface area contributed by atoms with Gasteiger partial charge in [0.1, 0.15) is 17.4 Å². The Morgan fingerprint density at radius 2 is 1.85 bits per heavy atom. The molecular weight excluding hydrogens is 366 g/mol. The third-order valence-electron chi connectivity index (χ3n) is 4.23. The zero-order valence-electron chi connectivity index (χ0n) is 14.7. The second-order valence-electron chi connectivity index (χ2n) is 6.52. The lowest BCUT2D eigenvalue weighted by Crippen LogP contribution is -2.21. The van der Waals surface area contributed by atoms with E-state index in [0.29, 0.717) is 35.5 Å². The van der Waals surface area contributed by atoms with Crippen LogP contribution in [0, 0.1) is 6.92 Å². The fourth-order valence-electron chi connectivity index (χ4n) is 2.98. The van der Waals surface area contributed by atoms with Crippen molar-refractivity contribution in [1.82, 2.24) is 15.1 Å². The lowest BCUT2D eigenvalue weighted by atomic mass is 10.2. The zero-order valence-corrected chi connectivity index (χ0v) is 15.5. The number of hydrogen-bond acceptors (Lipinski definition) is 8. The molecule has 1 saturated heterocycles. The van der Waals surface area contributed by atoms with Crippen LogP contribution >= 0.6 is 0 Å². The number of aryl methyl sites for hydroxylation is 1. The molecule has 0 amide bonds. The van der Waals surface area contributed by atoms with Gasteiger partial charge in [-0.2, -0.15) is 0 Å². The van der Waals surface area contributed by atoms with E-state index in [4.69, 9.17) is 4.52 Å². The normalized spacial score (nSPS) is 18.3. The number of rotatable bonds is 5. The van der Waals surface area contributed by atoms with E-state index in [1.165, 1.54) is 0 Å². The van der Waals surface area contributed by atoms with Gasteiger partial charge in [-0.25, -0.2) is 18.4 Å². The topological polar surface area (TPSA) is 110 Å². The van der Waals surface area contributed by atoms with Crippen molar-refractivity contribution in [2.24, 2.45) is 0 Å². The van der Waals surface area contributed by atoms with Crippen LogP contribution in [0.4, 0.5) is 17.5 Å². The van der Waals surface area contributed by atoms with Crippen molar-refractivity contribution >= 4 is 27.3 Å². The Bertz CT molecular complexity index is 1050. The Balaban J connectivity index is 1.66. The number of nitrogens with zero attached hydrogens (tertiary/aromatic N) is 3. The molecule has 1 atom stereocenters. The molecule has 1 aliphatic rings. The quantitative estimate of drug-likeness (QED) is 0.690. The molecule has 0 spiro atoms. The third-order valence-corrected chi connectivity index (χ3v) is 5.99. The highest BCUT2D eigenvalue weighted by Crippen LogP contribution is 2.24. The molecule has 4 rings (SSSR count). The van der Waals surface area contributed by atoms with Gasteiger partial charge in [0.25, 0.3) is 0 Å². The monoisotopic (exact) mass is 385 g/mol. The van der Waals surface area contributed by atoms with Crippen LogP contribution in [0.3, 0.4) is 0 Å². The molecule has 1 aromatic carbocycles. The smallest absolute Gasteiger partial charge is 0.175 e. The maximum absolute atomic E-state index is 11.7. The van der Waals surface area contributed by atoms with E-state index in [9.17, 15) is 8.42 Å². The molecular formula is C18H19N5O3S. The number of hydrogen-bond donors (Lipinski definition) is 2. The summed E-state index contributed by atoms with van der Waals surface area (Å²) in [6, 6.07) is 12.9. The minimum atomic E-state index is -2.98. The highest BCUT2D eigenvalue weighted by Gasteiger charge is 2.28. The zero-order chi connectivity index (χ0) is 18.9. The van der Waals surface area contributed by atoms with E-state index in [1.807, 2.05) is 30.3 Å². The molecule has 1 fully saturated rings. The van der Waals surface area contributed by atoms with Gasteiger partial charge in [-0.1, -0.05) is 35.5 Å². The molecule has 0 saturated carbocycles. The van der Waals surface area contributed by atoms with Crippen LogP contribution in [0.25, 0.3) is 11.4 Å². The van der Waals surface area contributed by atoms with E-state index in [2.05, 4.69) is 25.8 Å². The first-order valence-electron chi connectivity index (χ1n) is 8.59. The minimum Gasteiger partial charge on any atom is -0.366 e. The average molecular weight is 385 g/mol. The molecule has 8 nitrogen and oxygen atoms in total. The molecule has 0 bridgehead atoms. The molecule has 3 aromatic rings. The highest BCUT2D eigenvalue weighted by molar-refractivity contribution is 7.91. The van der Waals surface area contributed by atoms with Crippen molar-refractivity contribution in [1.29, 1.82) is 0 Å². The van der Waals surface area contributed by atoms with Crippen molar-refractivity contribution in [2.75, 3.05) is 22.1 Å². The van der Waals surface area contributed by atoms with E-state index < -0.39 is 9.84 Å². The molecule has 3 heterocycles. The van der Waals surface area contributed by atoms with Gasteiger partial charge in [-0.3, -0.25) is 0 Å². The number of anilines is 3. The van der Waals surface area contributed by atoms with Crippen LogP contribution in [-0.4, -0.2) is 41.1 Å². The average Bonchev–Trinajstić information content (AvgIpc) is 3.20. The second kappa shape index (κ2) is 6.99. The van der Waals surface area contributed by atoms with Gasteiger partial charge in [-0.15, -0.1) is 0 Å². The third kappa shape index (κ3) is 4.25. The first-order valence-corrected chi connectivity index (χ1v) is 10.4. The molecule has 140 valence electrons. The number of nitrogens with one attached hydrogen (secondary N) is 2. The summed E-state index contributed by atoms with van der Waals surface area (Å²) in [4.78, 5) is 9.11. The van der Waals surface area contributed by atoms with Crippen LogP contribution in [0.5, 0.6) is 0 Å². The van der Waals surface area contributed by atoms with Gasteiger partial charge in [0, 0.05) is 23.7 Å². The predicted octanol–water partition coefficient (Wildman–Crippen LogP) is 2.78. The summed E-state index contributed by atoms with van der Waals surface area (Å²) in [5.74, 6) is 3.18. The van der Waals surface area contributed by atoms with Crippen molar-refractivity contribution < 1.29 is 12.9 Å². The van der Waals surface area contributed by atoms with Gasteiger partial charge in [0.2, 0.25) is 0 Å². The summed E-state index contributed by atoms with van der Waals surface area (Å²) in [5.41, 5.74) is 0.861. The summed E-state index contributed by atoms with van der Waals surface area (Å²) >= 11 is 0. The SMILES string of the molecule is Cc1cc(Nc2cc(NC3CCS(=O)(=O)C3)nc(-c3ccccc3)n2)no1. The predicted molar refractivity (Wildman–Crippen MR) is 103 cm³/mol. The lowest BCUT2D eigenvalue weighted by Gasteiger charge is -2.14. The number of benzene rings is 1. The van der Waals surface area contributed by atoms with Gasteiger partial charge in [-0.05, 0) is 13.3 Å². The molecule has 1 aliphatic heterocycles. The van der Waals surface area contributed by atoms with Crippen molar-refractivity contribution in [2.45, 2.75) is 19.4 Å². The summed E-state index contributed by atoms with van der Waals surface area (Å²) < 4.78 is 28.5. The summed E-state index contributed by atoms with van der Waals surface area (Å²) in [5, 5.41) is 10.2. The summed E-state index contributed by atoms with van der Waals surface area (Å²) in [6.45, 7) is 1.81. The van der Waals surface area contributed by atoms with Crippen molar-refractivity contribution in [3.8, 4) is 11.4 Å². The fourth-order valence-corrected chi connectivity index (χ4v) is 4.65. The number of sulfone groups is 1. The minimum absolute atomic E-state index is 0.114. The Labute approximate surface area is 156 Å². The molecule has 0 aliphatic carbocycles. The van der Waals surface area contributed by atoms with E-state index in [-0.39, 0.29) is 17.5 Å². The first-order chi connectivity index (χ1) is 13.0. The molecule has 2 N–H and O–H groups in total. The molecule has 9 heteroatoms. The summed E-state index contributed by atoms with van der Waals surface area (Å²) in [7, 11) is -2.98. The Kier molecular flexibility index (Phi) is 4.53. The van der Waals surface area contributed by atoms with Crippen LogP contribution in [0.15, 0.2) is 47.0 Å². The Morgan fingerprint density at radius 1 is 1.07 bits per heavy atom. The van der Waals surface area contributed by atoms with Gasteiger partial charge >= 0.3 is 0 Å². The molecule has 1 unspecified atom stereocenters. The van der Waals surface area contributed by atoms with Gasteiger partial charge in [0.15, 0.2) is 21.5 Å². The Hall–Kier alpha value is -2.94. The van der Waals surface area contributed by atoms with Crippen molar-refractivity contribution in [3.63, 3.8) is 0 Å². The van der Waals surface area contributed by atoms with Gasteiger partial charge in [0.05, 0.1) is 11.5 Å². The van der Waals surface area contributed by atoms with Crippen molar-refractivity contribution in [3.05, 3.63) is 48.2 Å². The second-order valence-corrected chi connectivity index (χ2v) is 8.75. The van der Waals surface area contributed by atoms with E-state index in [0.717, 1.165) is 5.56 Å². The fraction of sp³-hybridized carbons (Fsp3) is 0.278. The lowest BCUT2D eigenvalue weighted by molar-refractivity contribution is 0.400. The maximum Gasteiger partial charge on any atom is 0.175 e. The largest absolute Gasteiger partial charge is 0.366 e. The maximum atomic E-state index is 11.7. The standard InChI is InChI=1S/C18H19N5O3S/c1-12-9-17(23-26-12)20-16-10-15(19-14-7-8-27(24,25)11-14)21-18(22-16)13-5-3-2-4-6-13/h2-6,9-10,14H,7-8,11H2,1H3,(H2,19,20,21,22,23). The van der Waals surface area contributed by atoms with Crippen LogP contribution in [0.1, 0.15) is 12.2 Å². The first kappa shape index (κ1) is 17.5. The van der Waals surface area contributed by atoms with Gasteiger partial charge < -0.3 is 15.2 Å². The summed E-state index contributed by atoms with van der Waals surface area (Å²) in [6.07, 6.45) is 0.568. The Morgan fingerprint density at radius 3 is 2.52 bits per heavy atom. The van der Waals surface area contributed by atoms with E-state index >= 15 is 0 Å². The molecule has 27 heavy (non-hydrogen) atoms. The van der Waals surface area contributed by atoms with Crippen LogP contribution in [-0.2, 0) is 9.84 Å². The van der Waals surface area contributed by atoms with Crippen LogP contribution in [0.2, 0.25) is 0 Å². The molecule has 2 aromatic heterocycles. The number of aromatic nitrogens is 3. The van der Waals surface area contributed by atoms with Crippen LogP contribution < -0.4 is 10.6 Å². The van der Waals surface area contributed by atoms with E-state index in [1.54, 1.807) is 19.1 Å². The highest BCUT2D eigenvalue weighted by atomic mass is 32.2. The molecule has 0 radical (unpaired) electrons.